The van der Waals surface area contributed by atoms with Crippen molar-refractivity contribution >= 4 is 5.69 Å². The Kier molecular flexibility index (Phi) is 4.69. The van der Waals surface area contributed by atoms with E-state index in [0.29, 0.717) is 12.1 Å². The highest BCUT2D eigenvalue weighted by atomic mass is 15.3. The van der Waals surface area contributed by atoms with Gasteiger partial charge in [0, 0.05) is 25.2 Å². The van der Waals surface area contributed by atoms with E-state index in [9.17, 15) is 0 Å². The van der Waals surface area contributed by atoms with Crippen molar-refractivity contribution in [2.24, 2.45) is 7.05 Å². The number of aromatic nitrogens is 6. The Bertz CT molecular complexity index is 1220. The Morgan fingerprint density at radius 2 is 1.76 bits per heavy atom. The van der Waals surface area contributed by atoms with E-state index in [4.69, 9.17) is 11.7 Å². The Morgan fingerprint density at radius 3 is 2.41 bits per heavy atom. The molecule has 7 heteroatoms. The molecule has 0 bridgehead atoms. The lowest BCUT2D eigenvalue weighted by atomic mass is 10.0. The minimum atomic E-state index is 0.606. The smallest absolute Gasteiger partial charge is 0.187 e. The van der Waals surface area contributed by atoms with Gasteiger partial charge in [-0.25, -0.2) is 19.5 Å². The number of benzene rings is 1. The van der Waals surface area contributed by atoms with Crippen molar-refractivity contribution in [3.63, 3.8) is 0 Å². The summed E-state index contributed by atoms with van der Waals surface area (Å²) in [6, 6.07) is 11.6. The van der Waals surface area contributed by atoms with Gasteiger partial charge in [0.05, 0.1) is 29.3 Å². The summed E-state index contributed by atoms with van der Waals surface area (Å²) in [5.41, 5.74) is 7.67. The van der Waals surface area contributed by atoms with Crippen molar-refractivity contribution in [1.82, 2.24) is 29.5 Å². The predicted molar refractivity (Wildman–Crippen MR) is 111 cm³/mol. The normalized spacial score (nSPS) is 10.9. The first-order chi connectivity index (χ1) is 14.0. The monoisotopic (exact) mass is 383 g/mol. The summed E-state index contributed by atoms with van der Waals surface area (Å²) in [4.78, 5) is 12.3. The molecule has 4 rings (SSSR count). The van der Waals surface area contributed by atoms with E-state index in [1.807, 2.05) is 66.7 Å². The average molecular weight is 383 g/mol. The zero-order chi connectivity index (χ0) is 20.5. The summed E-state index contributed by atoms with van der Waals surface area (Å²) in [7, 11) is 1.94. The van der Waals surface area contributed by atoms with Crippen LogP contribution in [0.15, 0.2) is 42.7 Å². The molecule has 0 amide bonds. The fourth-order valence-electron chi connectivity index (χ4n) is 3.58. The molecule has 1 aromatic carbocycles. The SMILES string of the molecule is [C-]#[N+]c1ccc(-c2c(C)c(Cc3cc(-n4nc(C)cc4C)ncn3)nn2C)cc1. The van der Waals surface area contributed by atoms with Gasteiger partial charge >= 0.3 is 0 Å². The highest BCUT2D eigenvalue weighted by molar-refractivity contribution is 5.67. The molecular weight excluding hydrogens is 362 g/mol. The predicted octanol–water partition coefficient (Wildman–Crippen LogP) is 4.13. The highest BCUT2D eigenvalue weighted by Crippen LogP contribution is 2.28. The van der Waals surface area contributed by atoms with Gasteiger partial charge in [0.25, 0.3) is 0 Å². The quantitative estimate of drug-likeness (QED) is 0.497. The molecule has 0 spiro atoms. The van der Waals surface area contributed by atoms with E-state index in [1.165, 1.54) is 0 Å². The van der Waals surface area contributed by atoms with E-state index in [-0.39, 0.29) is 0 Å². The van der Waals surface area contributed by atoms with Crippen molar-refractivity contribution in [1.29, 1.82) is 0 Å². The Morgan fingerprint density at radius 1 is 1.00 bits per heavy atom. The summed E-state index contributed by atoms with van der Waals surface area (Å²) in [6.07, 6.45) is 2.18. The molecule has 7 nitrogen and oxygen atoms in total. The number of nitrogens with zero attached hydrogens (tertiary/aromatic N) is 7. The van der Waals surface area contributed by atoms with Crippen LogP contribution in [0.2, 0.25) is 0 Å². The first-order valence-electron chi connectivity index (χ1n) is 9.31. The summed E-state index contributed by atoms with van der Waals surface area (Å²) in [5, 5.41) is 9.23. The molecule has 0 radical (unpaired) electrons. The number of aryl methyl sites for hydroxylation is 3. The highest BCUT2D eigenvalue weighted by Gasteiger charge is 2.16. The van der Waals surface area contributed by atoms with Crippen molar-refractivity contribution < 1.29 is 0 Å². The average Bonchev–Trinajstić information content (AvgIpc) is 3.19. The minimum absolute atomic E-state index is 0.606. The summed E-state index contributed by atoms with van der Waals surface area (Å²) in [5.74, 6) is 0.754. The molecule has 0 atom stereocenters. The number of hydrogen-bond acceptors (Lipinski definition) is 4. The fraction of sp³-hybridized carbons (Fsp3) is 0.227. The Hall–Kier alpha value is -3.79. The molecule has 3 aromatic heterocycles. The Labute approximate surface area is 169 Å². The van der Waals surface area contributed by atoms with Gasteiger partial charge < -0.3 is 0 Å². The van der Waals surface area contributed by atoms with Gasteiger partial charge in [-0.15, -0.1) is 0 Å². The molecule has 0 unspecified atom stereocenters. The molecule has 0 saturated carbocycles. The molecule has 29 heavy (non-hydrogen) atoms. The third-order valence-corrected chi connectivity index (χ3v) is 4.94. The van der Waals surface area contributed by atoms with Gasteiger partial charge in [-0.1, -0.05) is 24.3 Å². The zero-order valence-corrected chi connectivity index (χ0v) is 16.9. The molecule has 3 heterocycles. The van der Waals surface area contributed by atoms with E-state index in [1.54, 1.807) is 6.33 Å². The molecule has 0 N–H and O–H groups in total. The second-order valence-corrected chi connectivity index (χ2v) is 7.09. The third-order valence-electron chi connectivity index (χ3n) is 4.94. The van der Waals surface area contributed by atoms with Gasteiger partial charge in [-0.3, -0.25) is 4.68 Å². The Balaban J connectivity index is 1.66. The maximum Gasteiger partial charge on any atom is 0.187 e. The number of hydrogen-bond donors (Lipinski definition) is 0. The first-order valence-corrected chi connectivity index (χ1v) is 9.31. The lowest BCUT2D eigenvalue weighted by molar-refractivity contribution is 0.751. The summed E-state index contributed by atoms with van der Waals surface area (Å²) < 4.78 is 3.72. The maximum absolute atomic E-state index is 7.12. The summed E-state index contributed by atoms with van der Waals surface area (Å²) >= 11 is 0. The topological polar surface area (TPSA) is 65.8 Å². The van der Waals surface area contributed by atoms with Crippen LogP contribution in [0.5, 0.6) is 0 Å². The molecule has 0 aliphatic carbocycles. The second-order valence-electron chi connectivity index (χ2n) is 7.09. The molecular formula is C22H21N7. The van der Waals surface area contributed by atoms with E-state index in [2.05, 4.69) is 26.8 Å². The van der Waals surface area contributed by atoms with Crippen LogP contribution < -0.4 is 0 Å². The van der Waals surface area contributed by atoms with Gasteiger partial charge in [0.2, 0.25) is 0 Å². The number of rotatable bonds is 4. The lowest BCUT2D eigenvalue weighted by Crippen LogP contribution is -2.05. The van der Waals surface area contributed by atoms with Crippen LogP contribution in [0.3, 0.4) is 0 Å². The van der Waals surface area contributed by atoms with Gasteiger partial charge in [0.1, 0.15) is 6.33 Å². The van der Waals surface area contributed by atoms with Gasteiger partial charge in [-0.2, -0.15) is 10.2 Å². The molecule has 4 aromatic rings. The van der Waals surface area contributed by atoms with Crippen LogP contribution in [0.4, 0.5) is 5.69 Å². The maximum atomic E-state index is 7.12. The van der Waals surface area contributed by atoms with Crippen LogP contribution >= 0.6 is 0 Å². The molecule has 0 aliphatic rings. The molecule has 0 saturated heterocycles. The standard InChI is InChI=1S/C22H21N7/c1-14-10-15(2)29(26-14)21-12-19(24-13-25-21)11-20-16(3)22(28(5)27-20)17-6-8-18(23-4)9-7-17/h6-10,12-13H,11H2,1-3,5H3. The van der Waals surface area contributed by atoms with Crippen molar-refractivity contribution in [2.75, 3.05) is 0 Å². The minimum Gasteiger partial charge on any atom is -0.267 e. The summed E-state index contributed by atoms with van der Waals surface area (Å²) in [6.45, 7) is 13.2. The van der Waals surface area contributed by atoms with Crippen molar-refractivity contribution in [2.45, 2.75) is 27.2 Å². The fourth-order valence-corrected chi connectivity index (χ4v) is 3.58. The van der Waals surface area contributed by atoms with Crippen LogP contribution in [0.25, 0.3) is 21.9 Å². The van der Waals surface area contributed by atoms with Crippen LogP contribution in [0.1, 0.15) is 28.3 Å². The molecule has 0 aliphatic heterocycles. The van der Waals surface area contributed by atoms with E-state index in [0.717, 1.165) is 45.4 Å². The molecule has 0 fully saturated rings. The van der Waals surface area contributed by atoms with Crippen LogP contribution in [-0.4, -0.2) is 29.5 Å². The van der Waals surface area contributed by atoms with E-state index < -0.39 is 0 Å². The van der Waals surface area contributed by atoms with Crippen molar-refractivity contribution in [3.05, 3.63) is 82.5 Å². The lowest BCUT2D eigenvalue weighted by Gasteiger charge is -2.06. The van der Waals surface area contributed by atoms with E-state index >= 15 is 0 Å². The second kappa shape index (κ2) is 7.32. The van der Waals surface area contributed by atoms with Gasteiger partial charge in [0.15, 0.2) is 11.5 Å². The van der Waals surface area contributed by atoms with Gasteiger partial charge in [-0.05, 0) is 38.0 Å². The largest absolute Gasteiger partial charge is 0.267 e. The third kappa shape index (κ3) is 3.52. The molecule has 144 valence electrons. The van der Waals surface area contributed by atoms with Crippen LogP contribution in [-0.2, 0) is 13.5 Å². The van der Waals surface area contributed by atoms with Crippen molar-refractivity contribution in [3.8, 4) is 17.1 Å². The zero-order valence-electron chi connectivity index (χ0n) is 16.9. The van der Waals surface area contributed by atoms with Crippen LogP contribution in [0, 0.1) is 27.3 Å². The first kappa shape index (κ1) is 18.6.